The SMILES string of the molecule is CC(C)(C)[C@H](N)C(=O)N1C[C@@H](F)C[C@H]1C#N.Cl. The van der Waals surface area contributed by atoms with Crippen LogP contribution in [0.15, 0.2) is 0 Å². The zero-order valence-electron chi connectivity index (χ0n) is 10.3. The molecule has 0 aromatic carbocycles. The van der Waals surface area contributed by atoms with Gasteiger partial charge in [-0.25, -0.2) is 4.39 Å². The predicted octanol–water partition coefficient (Wildman–Crippen LogP) is 1.24. The van der Waals surface area contributed by atoms with Crippen molar-refractivity contribution in [1.82, 2.24) is 4.90 Å². The minimum absolute atomic E-state index is 0. The first-order chi connectivity index (χ1) is 7.27. The molecule has 4 nitrogen and oxygen atoms in total. The molecule has 0 aliphatic carbocycles. The van der Waals surface area contributed by atoms with Gasteiger partial charge in [-0.05, 0) is 5.41 Å². The van der Waals surface area contributed by atoms with E-state index in [1.54, 1.807) is 0 Å². The molecule has 1 rings (SSSR count). The molecule has 1 fully saturated rings. The van der Waals surface area contributed by atoms with E-state index in [0.717, 1.165) is 0 Å². The van der Waals surface area contributed by atoms with Crippen LogP contribution in [0, 0.1) is 16.7 Å². The lowest BCUT2D eigenvalue weighted by Crippen LogP contribution is -2.51. The second kappa shape index (κ2) is 5.65. The fourth-order valence-electron chi connectivity index (χ4n) is 1.70. The van der Waals surface area contributed by atoms with Crippen molar-refractivity contribution in [2.75, 3.05) is 6.54 Å². The standard InChI is InChI=1S/C11H18FN3O.ClH/c1-11(2,3)9(14)10(16)15-6-7(12)4-8(15)5-13;/h7-9H,4,6,14H2,1-3H3;1H/t7-,8-,9+;/m0./s1. The maximum Gasteiger partial charge on any atom is 0.241 e. The van der Waals surface area contributed by atoms with E-state index in [1.165, 1.54) is 4.90 Å². The third-order valence-electron chi connectivity index (χ3n) is 2.88. The molecule has 0 radical (unpaired) electrons. The van der Waals surface area contributed by atoms with Crippen LogP contribution in [-0.4, -0.2) is 35.6 Å². The third kappa shape index (κ3) is 3.55. The topological polar surface area (TPSA) is 70.1 Å². The van der Waals surface area contributed by atoms with Crippen molar-refractivity contribution in [2.45, 2.75) is 45.4 Å². The quantitative estimate of drug-likeness (QED) is 0.774. The summed E-state index contributed by atoms with van der Waals surface area (Å²) < 4.78 is 13.1. The summed E-state index contributed by atoms with van der Waals surface area (Å²) in [5.74, 6) is -0.334. The number of halogens is 2. The van der Waals surface area contributed by atoms with Gasteiger partial charge in [-0.15, -0.1) is 12.4 Å². The van der Waals surface area contributed by atoms with Gasteiger partial charge in [-0.2, -0.15) is 5.26 Å². The van der Waals surface area contributed by atoms with Crippen molar-refractivity contribution >= 4 is 18.3 Å². The molecule has 1 amide bonds. The highest BCUT2D eigenvalue weighted by atomic mass is 35.5. The third-order valence-corrected chi connectivity index (χ3v) is 2.88. The average molecular weight is 264 g/mol. The van der Waals surface area contributed by atoms with Crippen LogP contribution in [0.4, 0.5) is 4.39 Å². The molecule has 1 aliphatic rings. The molecule has 98 valence electrons. The Hall–Kier alpha value is -0.860. The number of nitrogens with two attached hydrogens (primary N) is 1. The van der Waals surface area contributed by atoms with Gasteiger partial charge in [0.2, 0.25) is 5.91 Å². The van der Waals surface area contributed by atoms with Crippen molar-refractivity contribution < 1.29 is 9.18 Å². The molecule has 3 atom stereocenters. The molecule has 2 N–H and O–H groups in total. The first kappa shape index (κ1) is 16.1. The highest BCUT2D eigenvalue weighted by Crippen LogP contribution is 2.25. The predicted molar refractivity (Wildman–Crippen MR) is 65.3 cm³/mol. The number of hydrogen-bond donors (Lipinski definition) is 1. The van der Waals surface area contributed by atoms with Crippen LogP contribution in [0.2, 0.25) is 0 Å². The Balaban J connectivity index is 0.00000256. The lowest BCUT2D eigenvalue weighted by Gasteiger charge is -2.30. The second-order valence-corrected chi connectivity index (χ2v) is 5.31. The number of nitrogens with zero attached hydrogens (tertiary/aromatic N) is 2. The number of alkyl halides is 1. The maximum atomic E-state index is 13.1. The fraction of sp³-hybridized carbons (Fsp3) is 0.818. The van der Waals surface area contributed by atoms with Crippen LogP contribution in [0.25, 0.3) is 0 Å². The highest BCUT2D eigenvalue weighted by molar-refractivity contribution is 5.85. The van der Waals surface area contributed by atoms with Gasteiger partial charge in [0.05, 0.1) is 18.7 Å². The van der Waals surface area contributed by atoms with Crippen molar-refractivity contribution in [3.8, 4) is 6.07 Å². The average Bonchev–Trinajstić information content (AvgIpc) is 2.55. The molecular weight excluding hydrogens is 245 g/mol. The Morgan fingerprint density at radius 1 is 1.59 bits per heavy atom. The van der Waals surface area contributed by atoms with Gasteiger partial charge in [0.1, 0.15) is 12.2 Å². The highest BCUT2D eigenvalue weighted by Gasteiger charge is 2.40. The van der Waals surface area contributed by atoms with Gasteiger partial charge in [0.25, 0.3) is 0 Å². The number of hydrogen-bond acceptors (Lipinski definition) is 3. The zero-order valence-corrected chi connectivity index (χ0v) is 11.1. The smallest absolute Gasteiger partial charge is 0.241 e. The van der Waals surface area contributed by atoms with E-state index in [2.05, 4.69) is 0 Å². The Bertz CT molecular complexity index is 324. The van der Waals surface area contributed by atoms with E-state index >= 15 is 0 Å². The van der Waals surface area contributed by atoms with Gasteiger partial charge in [-0.3, -0.25) is 4.79 Å². The number of rotatable bonds is 1. The molecule has 0 spiro atoms. The lowest BCUT2D eigenvalue weighted by atomic mass is 9.86. The van der Waals surface area contributed by atoms with E-state index in [4.69, 9.17) is 11.0 Å². The number of likely N-dealkylation sites (tertiary alicyclic amines) is 1. The molecule has 0 aromatic heterocycles. The van der Waals surface area contributed by atoms with Crippen LogP contribution < -0.4 is 5.73 Å². The summed E-state index contributed by atoms with van der Waals surface area (Å²) in [6.07, 6.45) is -1.01. The number of nitriles is 1. The largest absolute Gasteiger partial charge is 0.322 e. The maximum absolute atomic E-state index is 13.1. The lowest BCUT2D eigenvalue weighted by molar-refractivity contribution is -0.135. The summed E-state index contributed by atoms with van der Waals surface area (Å²) in [4.78, 5) is 13.3. The van der Waals surface area contributed by atoms with Crippen molar-refractivity contribution in [1.29, 1.82) is 5.26 Å². The molecule has 0 unspecified atom stereocenters. The molecule has 17 heavy (non-hydrogen) atoms. The second-order valence-electron chi connectivity index (χ2n) is 5.31. The molecule has 0 saturated carbocycles. The van der Waals surface area contributed by atoms with E-state index in [9.17, 15) is 9.18 Å². The summed E-state index contributed by atoms with van der Waals surface area (Å²) in [7, 11) is 0. The van der Waals surface area contributed by atoms with Crippen LogP contribution >= 0.6 is 12.4 Å². The molecule has 0 bridgehead atoms. The number of carbonyl (C=O) groups is 1. The van der Waals surface area contributed by atoms with Gasteiger partial charge >= 0.3 is 0 Å². The summed E-state index contributed by atoms with van der Waals surface area (Å²) in [6, 6.07) is 0.570. The van der Waals surface area contributed by atoms with Crippen molar-refractivity contribution in [3.05, 3.63) is 0 Å². The van der Waals surface area contributed by atoms with Crippen molar-refractivity contribution in [3.63, 3.8) is 0 Å². The van der Waals surface area contributed by atoms with E-state index in [1.807, 2.05) is 26.8 Å². The first-order valence-corrected chi connectivity index (χ1v) is 5.37. The Kier molecular flexibility index (Phi) is 5.37. The molecule has 1 aliphatic heterocycles. The minimum Gasteiger partial charge on any atom is -0.322 e. The molecular formula is C11H19ClFN3O. The number of amides is 1. The fourth-order valence-corrected chi connectivity index (χ4v) is 1.70. The van der Waals surface area contributed by atoms with E-state index < -0.39 is 18.3 Å². The van der Waals surface area contributed by atoms with Crippen LogP contribution in [0.5, 0.6) is 0 Å². The van der Waals surface area contributed by atoms with E-state index in [0.29, 0.717) is 0 Å². The molecule has 0 aromatic rings. The van der Waals surface area contributed by atoms with Gasteiger partial charge in [-0.1, -0.05) is 20.8 Å². The Labute approximate surface area is 107 Å². The van der Waals surface area contributed by atoms with E-state index in [-0.39, 0.29) is 36.7 Å². The van der Waals surface area contributed by atoms with Gasteiger partial charge in [0, 0.05) is 6.42 Å². The minimum atomic E-state index is -1.11. The molecule has 6 heteroatoms. The van der Waals surface area contributed by atoms with Crippen LogP contribution in [0.1, 0.15) is 27.2 Å². The Morgan fingerprint density at radius 3 is 2.53 bits per heavy atom. The summed E-state index contributed by atoms with van der Waals surface area (Å²) in [5, 5.41) is 8.84. The Morgan fingerprint density at radius 2 is 2.12 bits per heavy atom. The van der Waals surface area contributed by atoms with Crippen LogP contribution in [0.3, 0.4) is 0 Å². The molecule has 1 saturated heterocycles. The summed E-state index contributed by atoms with van der Waals surface area (Å²) in [6.45, 7) is 5.53. The normalized spacial score (nSPS) is 26.0. The first-order valence-electron chi connectivity index (χ1n) is 5.37. The monoisotopic (exact) mass is 263 g/mol. The molecule has 1 heterocycles. The summed E-state index contributed by atoms with van der Waals surface area (Å²) in [5.41, 5.74) is 5.43. The van der Waals surface area contributed by atoms with Gasteiger partial charge in [0.15, 0.2) is 0 Å². The van der Waals surface area contributed by atoms with Gasteiger partial charge < -0.3 is 10.6 Å². The zero-order chi connectivity index (χ0) is 12.5. The number of carbonyl (C=O) groups excluding carboxylic acids is 1. The summed E-state index contributed by atoms with van der Waals surface area (Å²) >= 11 is 0. The van der Waals surface area contributed by atoms with Crippen molar-refractivity contribution in [2.24, 2.45) is 11.1 Å². The van der Waals surface area contributed by atoms with Crippen LogP contribution in [-0.2, 0) is 4.79 Å².